The summed E-state index contributed by atoms with van der Waals surface area (Å²) in [7, 11) is 0. The van der Waals surface area contributed by atoms with Gasteiger partial charge in [0.2, 0.25) is 5.91 Å². The summed E-state index contributed by atoms with van der Waals surface area (Å²) in [5, 5.41) is 3.32. The number of piperidine rings is 1. The van der Waals surface area contributed by atoms with E-state index < -0.39 is 0 Å². The van der Waals surface area contributed by atoms with Crippen molar-refractivity contribution in [3.05, 3.63) is 0 Å². The third kappa shape index (κ3) is 2.97. The molecule has 1 heterocycles. The predicted octanol–water partition coefficient (Wildman–Crippen LogP) is 1.63. The molecule has 0 unspecified atom stereocenters. The molecule has 16 heavy (non-hydrogen) atoms. The minimum Gasteiger partial charge on any atom is -0.339 e. The summed E-state index contributed by atoms with van der Waals surface area (Å²) in [4.78, 5) is 14.6. The van der Waals surface area contributed by atoms with Gasteiger partial charge >= 0.3 is 0 Å². The molecule has 1 N–H and O–H groups in total. The Morgan fingerprint density at radius 3 is 2.38 bits per heavy atom. The molecule has 0 atom stereocenters. The highest BCUT2D eigenvalue weighted by molar-refractivity contribution is 5.79. The van der Waals surface area contributed by atoms with Gasteiger partial charge in [0, 0.05) is 18.5 Å². The molecule has 3 heteroatoms. The quantitative estimate of drug-likeness (QED) is 0.787. The summed E-state index contributed by atoms with van der Waals surface area (Å²) in [5.41, 5.74) is 0. The van der Waals surface area contributed by atoms with Crippen LogP contribution in [0.4, 0.5) is 0 Å². The van der Waals surface area contributed by atoms with Gasteiger partial charge in [0.05, 0.1) is 0 Å². The van der Waals surface area contributed by atoms with Crippen LogP contribution in [0.15, 0.2) is 0 Å². The lowest BCUT2D eigenvalue weighted by Crippen LogP contribution is -2.43. The highest BCUT2D eigenvalue weighted by Crippen LogP contribution is 2.30. The molecular formula is C13H24N2O. The van der Waals surface area contributed by atoms with Gasteiger partial charge in [0.15, 0.2) is 0 Å². The fourth-order valence-corrected chi connectivity index (χ4v) is 2.50. The molecule has 2 aliphatic rings. The van der Waals surface area contributed by atoms with Crippen LogP contribution in [0, 0.1) is 11.8 Å². The smallest absolute Gasteiger partial charge is 0.226 e. The van der Waals surface area contributed by atoms with Crippen LogP contribution < -0.4 is 5.32 Å². The molecule has 0 radical (unpaired) electrons. The van der Waals surface area contributed by atoms with Crippen LogP contribution >= 0.6 is 0 Å². The second-order valence-electron chi connectivity index (χ2n) is 5.64. The lowest BCUT2D eigenvalue weighted by atomic mass is 9.96. The van der Waals surface area contributed by atoms with Crippen molar-refractivity contribution in [1.82, 2.24) is 10.2 Å². The molecule has 0 aromatic heterocycles. The maximum atomic E-state index is 12.4. The van der Waals surface area contributed by atoms with Crippen molar-refractivity contribution in [2.75, 3.05) is 19.6 Å². The third-order valence-electron chi connectivity index (χ3n) is 3.52. The first kappa shape index (κ1) is 11.9. The molecule has 2 rings (SSSR count). The van der Waals surface area contributed by atoms with Crippen molar-refractivity contribution in [1.29, 1.82) is 0 Å². The zero-order valence-electron chi connectivity index (χ0n) is 10.5. The van der Waals surface area contributed by atoms with Gasteiger partial charge in [-0.3, -0.25) is 4.79 Å². The molecule has 0 spiro atoms. The first-order valence-corrected chi connectivity index (χ1v) is 6.69. The van der Waals surface area contributed by atoms with Crippen molar-refractivity contribution in [2.45, 2.75) is 45.6 Å². The zero-order valence-corrected chi connectivity index (χ0v) is 10.5. The maximum absolute atomic E-state index is 12.4. The van der Waals surface area contributed by atoms with Gasteiger partial charge in [-0.25, -0.2) is 0 Å². The van der Waals surface area contributed by atoms with Gasteiger partial charge < -0.3 is 10.2 Å². The fraction of sp³-hybridized carbons (Fsp3) is 0.923. The van der Waals surface area contributed by atoms with E-state index in [1.807, 2.05) is 0 Å². The number of amides is 1. The second-order valence-corrected chi connectivity index (χ2v) is 5.64. The minimum absolute atomic E-state index is 0.292. The molecule has 1 amide bonds. The maximum Gasteiger partial charge on any atom is 0.226 e. The summed E-state index contributed by atoms with van der Waals surface area (Å²) in [6, 6.07) is 0.574. The number of nitrogens with zero attached hydrogens (tertiary/aromatic N) is 1. The predicted molar refractivity (Wildman–Crippen MR) is 65.2 cm³/mol. The monoisotopic (exact) mass is 224 g/mol. The number of nitrogens with one attached hydrogen (secondary N) is 1. The van der Waals surface area contributed by atoms with Crippen LogP contribution in [-0.2, 0) is 4.79 Å². The lowest BCUT2D eigenvalue weighted by Gasteiger charge is -2.31. The van der Waals surface area contributed by atoms with E-state index >= 15 is 0 Å². The van der Waals surface area contributed by atoms with E-state index in [0.29, 0.717) is 23.8 Å². The highest BCUT2D eigenvalue weighted by Gasteiger charge is 2.36. The average molecular weight is 224 g/mol. The van der Waals surface area contributed by atoms with Crippen molar-refractivity contribution >= 4 is 5.91 Å². The van der Waals surface area contributed by atoms with Crippen LogP contribution in [0.1, 0.15) is 39.5 Å². The van der Waals surface area contributed by atoms with Crippen LogP contribution in [0.5, 0.6) is 0 Å². The van der Waals surface area contributed by atoms with E-state index in [9.17, 15) is 4.79 Å². The summed E-state index contributed by atoms with van der Waals surface area (Å²) < 4.78 is 0. The Hall–Kier alpha value is -0.570. The lowest BCUT2D eigenvalue weighted by molar-refractivity contribution is -0.137. The largest absolute Gasteiger partial charge is 0.339 e. The normalized spacial score (nSPS) is 22.4. The molecule has 1 saturated carbocycles. The van der Waals surface area contributed by atoms with Gasteiger partial charge in [0.25, 0.3) is 0 Å². The summed E-state index contributed by atoms with van der Waals surface area (Å²) >= 11 is 0. The summed E-state index contributed by atoms with van der Waals surface area (Å²) in [6.45, 7) is 7.37. The van der Waals surface area contributed by atoms with Gasteiger partial charge in [0.1, 0.15) is 0 Å². The van der Waals surface area contributed by atoms with Crippen molar-refractivity contribution in [3.63, 3.8) is 0 Å². The number of rotatable bonds is 4. The Morgan fingerprint density at radius 1 is 1.25 bits per heavy atom. The van der Waals surface area contributed by atoms with E-state index in [-0.39, 0.29) is 0 Å². The number of hydrogen-bond donors (Lipinski definition) is 1. The molecule has 0 aromatic rings. The molecule has 1 aliphatic heterocycles. The molecule has 0 aromatic carbocycles. The number of hydrogen-bond acceptors (Lipinski definition) is 2. The fourth-order valence-electron chi connectivity index (χ4n) is 2.50. The minimum atomic E-state index is 0.292. The molecular weight excluding hydrogens is 200 g/mol. The van der Waals surface area contributed by atoms with E-state index in [1.54, 1.807) is 0 Å². The van der Waals surface area contributed by atoms with Gasteiger partial charge in [-0.05, 0) is 44.7 Å². The zero-order chi connectivity index (χ0) is 11.5. The number of carbonyl (C=O) groups is 1. The van der Waals surface area contributed by atoms with Gasteiger partial charge in [-0.1, -0.05) is 13.8 Å². The molecule has 0 bridgehead atoms. The van der Waals surface area contributed by atoms with Crippen LogP contribution in [0.2, 0.25) is 0 Å². The van der Waals surface area contributed by atoms with E-state index in [2.05, 4.69) is 24.1 Å². The van der Waals surface area contributed by atoms with Crippen LogP contribution in [0.25, 0.3) is 0 Å². The Labute approximate surface area is 98.6 Å². The van der Waals surface area contributed by atoms with Crippen LogP contribution in [-0.4, -0.2) is 36.5 Å². The van der Waals surface area contributed by atoms with E-state index in [4.69, 9.17) is 0 Å². The van der Waals surface area contributed by atoms with E-state index in [0.717, 1.165) is 32.5 Å². The van der Waals surface area contributed by atoms with E-state index in [1.165, 1.54) is 12.8 Å². The Morgan fingerprint density at radius 2 is 1.88 bits per heavy atom. The third-order valence-corrected chi connectivity index (χ3v) is 3.52. The highest BCUT2D eigenvalue weighted by atomic mass is 16.2. The van der Waals surface area contributed by atoms with Crippen molar-refractivity contribution in [2.24, 2.45) is 11.8 Å². The first-order valence-electron chi connectivity index (χ1n) is 6.69. The summed E-state index contributed by atoms with van der Waals surface area (Å²) in [5.74, 6) is 1.31. The standard InChI is InChI=1S/C13H24N2O/c1-10(2)9-15(12-3-4-12)13(16)11-5-7-14-8-6-11/h10-12,14H,3-9H2,1-2H3. The Kier molecular flexibility index (Phi) is 3.85. The van der Waals surface area contributed by atoms with Crippen LogP contribution in [0.3, 0.4) is 0 Å². The second kappa shape index (κ2) is 5.17. The molecule has 92 valence electrons. The molecule has 1 saturated heterocycles. The van der Waals surface area contributed by atoms with Crippen molar-refractivity contribution in [3.8, 4) is 0 Å². The molecule has 3 nitrogen and oxygen atoms in total. The SMILES string of the molecule is CC(C)CN(C(=O)C1CCNCC1)C1CC1. The summed E-state index contributed by atoms with van der Waals surface area (Å²) in [6.07, 6.45) is 4.51. The number of carbonyl (C=O) groups excluding carboxylic acids is 1. The topological polar surface area (TPSA) is 32.3 Å². The Bertz CT molecular complexity index is 242. The molecule has 1 aliphatic carbocycles. The van der Waals surface area contributed by atoms with Gasteiger partial charge in [-0.15, -0.1) is 0 Å². The first-order chi connectivity index (χ1) is 7.68. The van der Waals surface area contributed by atoms with Crippen molar-refractivity contribution < 1.29 is 4.79 Å². The van der Waals surface area contributed by atoms with Gasteiger partial charge in [-0.2, -0.15) is 0 Å². The Balaban J connectivity index is 1.92. The average Bonchev–Trinajstić information content (AvgIpc) is 3.10. The molecule has 2 fully saturated rings.